The van der Waals surface area contributed by atoms with Crippen LogP contribution in [-0.2, 0) is 12.8 Å². The summed E-state index contributed by atoms with van der Waals surface area (Å²) in [5.74, 6) is 1.17. The van der Waals surface area contributed by atoms with Crippen LogP contribution < -0.4 is 16.2 Å². The van der Waals surface area contributed by atoms with Gasteiger partial charge in [0.2, 0.25) is 0 Å². The Kier molecular flexibility index (Phi) is 4.85. The molecule has 0 aromatic heterocycles. The SMILES string of the molecule is I.NC(N)=NCCc1ccc2c(c1)CCO2. The van der Waals surface area contributed by atoms with Crippen molar-refractivity contribution in [2.45, 2.75) is 12.8 Å². The van der Waals surface area contributed by atoms with Crippen LogP contribution in [-0.4, -0.2) is 19.1 Å². The highest BCUT2D eigenvalue weighted by Gasteiger charge is 2.11. The smallest absolute Gasteiger partial charge is 0.185 e. The molecule has 0 unspecified atom stereocenters. The summed E-state index contributed by atoms with van der Waals surface area (Å²) < 4.78 is 5.43. The molecule has 2 rings (SSSR count). The van der Waals surface area contributed by atoms with Crippen molar-refractivity contribution in [2.24, 2.45) is 16.5 Å². The fraction of sp³-hybridized carbons (Fsp3) is 0.364. The van der Waals surface area contributed by atoms with Crippen LogP contribution in [0.1, 0.15) is 11.1 Å². The van der Waals surface area contributed by atoms with Crippen LogP contribution in [0.15, 0.2) is 23.2 Å². The first kappa shape index (κ1) is 13.1. The normalized spacial score (nSPS) is 12.2. The van der Waals surface area contributed by atoms with Gasteiger partial charge in [-0.2, -0.15) is 0 Å². The van der Waals surface area contributed by atoms with Gasteiger partial charge in [0.1, 0.15) is 5.75 Å². The van der Waals surface area contributed by atoms with Gasteiger partial charge in [-0.3, -0.25) is 4.99 Å². The van der Waals surface area contributed by atoms with Crippen LogP contribution in [0.2, 0.25) is 0 Å². The molecule has 1 aliphatic rings. The molecule has 16 heavy (non-hydrogen) atoms. The Morgan fingerprint density at radius 1 is 1.38 bits per heavy atom. The number of hydrogen-bond acceptors (Lipinski definition) is 2. The maximum Gasteiger partial charge on any atom is 0.185 e. The van der Waals surface area contributed by atoms with Crippen LogP contribution in [0, 0.1) is 0 Å². The highest BCUT2D eigenvalue weighted by atomic mass is 127. The summed E-state index contributed by atoms with van der Waals surface area (Å²) in [7, 11) is 0. The number of rotatable bonds is 3. The Labute approximate surface area is 112 Å². The van der Waals surface area contributed by atoms with E-state index in [-0.39, 0.29) is 29.9 Å². The summed E-state index contributed by atoms with van der Waals surface area (Å²) in [6, 6.07) is 6.25. The molecule has 0 atom stereocenters. The molecule has 5 heteroatoms. The monoisotopic (exact) mass is 333 g/mol. The zero-order valence-corrected chi connectivity index (χ0v) is 11.3. The second kappa shape index (κ2) is 5.93. The molecule has 1 aromatic rings. The molecular formula is C11H16IN3O. The molecule has 0 bridgehead atoms. The topological polar surface area (TPSA) is 73.6 Å². The maximum atomic E-state index is 5.43. The molecule has 0 fully saturated rings. The third-order valence-corrected chi connectivity index (χ3v) is 2.45. The molecule has 0 saturated heterocycles. The highest BCUT2D eigenvalue weighted by molar-refractivity contribution is 14.0. The van der Waals surface area contributed by atoms with Crippen LogP contribution >= 0.6 is 24.0 Å². The van der Waals surface area contributed by atoms with Crippen molar-refractivity contribution in [1.29, 1.82) is 0 Å². The number of benzene rings is 1. The zero-order chi connectivity index (χ0) is 10.7. The predicted octanol–water partition coefficient (Wildman–Crippen LogP) is 1.06. The molecule has 0 radical (unpaired) electrons. The Bertz CT molecular complexity index is 389. The van der Waals surface area contributed by atoms with E-state index in [1.165, 1.54) is 11.1 Å². The molecule has 4 N–H and O–H groups in total. The number of aliphatic imine (C=N–C) groups is 1. The number of fused-ring (bicyclic) bond motifs is 1. The van der Waals surface area contributed by atoms with E-state index in [0.717, 1.165) is 25.2 Å². The second-order valence-corrected chi connectivity index (χ2v) is 3.60. The average Bonchev–Trinajstić information content (AvgIpc) is 2.64. The van der Waals surface area contributed by atoms with Crippen molar-refractivity contribution in [3.8, 4) is 5.75 Å². The summed E-state index contributed by atoms with van der Waals surface area (Å²) in [5, 5.41) is 0. The van der Waals surface area contributed by atoms with Crippen LogP contribution in [0.5, 0.6) is 5.75 Å². The fourth-order valence-electron chi connectivity index (χ4n) is 1.71. The van der Waals surface area contributed by atoms with Gasteiger partial charge in [0, 0.05) is 13.0 Å². The highest BCUT2D eigenvalue weighted by Crippen LogP contribution is 2.25. The maximum absolute atomic E-state index is 5.43. The minimum Gasteiger partial charge on any atom is -0.493 e. The average molecular weight is 333 g/mol. The summed E-state index contributed by atoms with van der Waals surface area (Å²) in [6.07, 6.45) is 1.87. The van der Waals surface area contributed by atoms with Gasteiger partial charge in [0.15, 0.2) is 5.96 Å². The van der Waals surface area contributed by atoms with E-state index in [1.54, 1.807) is 0 Å². The number of nitrogens with zero attached hydrogens (tertiary/aromatic N) is 1. The van der Waals surface area contributed by atoms with Gasteiger partial charge in [-0.25, -0.2) is 0 Å². The van der Waals surface area contributed by atoms with E-state index < -0.39 is 0 Å². The number of halogens is 1. The predicted molar refractivity (Wildman–Crippen MR) is 75.4 cm³/mol. The quantitative estimate of drug-likeness (QED) is 0.493. The lowest BCUT2D eigenvalue weighted by molar-refractivity contribution is 0.357. The Balaban J connectivity index is 0.00000128. The molecule has 0 spiro atoms. The lowest BCUT2D eigenvalue weighted by Crippen LogP contribution is -2.23. The minimum atomic E-state index is 0. The molecule has 0 aliphatic carbocycles. The van der Waals surface area contributed by atoms with Gasteiger partial charge in [-0.05, 0) is 23.6 Å². The van der Waals surface area contributed by atoms with E-state index in [4.69, 9.17) is 16.2 Å². The molecule has 0 saturated carbocycles. The summed E-state index contributed by atoms with van der Waals surface area (Å²) in [6.45, 7) is 1.44. The van der Waals surface area contributed by atoms with Crippen molar-refractivity contribution < 1.29 is 4.74 Å². The van der Waals surface area contributed by atoms with E-state index in [1.807, 2.05) is 6.07 Å². The van der Waals surface area contributed by atoms with Crippen molar-refractivity contribution in [3.63, 3.8) is 0 Å². The minimum absolute atomic E-state index is 0. The largest absolute Gasteiger partial charge is 0.493 e. The number of guanidine groups is 1. The number of nitrogens with two attached hydrogens (primary N) is 2. The van der Waals surface area contributed by atoms with E-state index in [2.05, 4.69) is 17.1 Å². The van der Waals surface area contributed by atoms with Gasteiger partial charge in [0.25, 0.3) is 0 Å². The zero-order valence-electron chi connectivity index (χ0n) is 8.98. The third-order valence-electron chi connectivity index (χ3n) is 2.45. The van der Waals surface area contributed by atoms with Gasteiger partial charge in [-0.1, -0.05) is 12.1 Å². The number of hydrogen-bond donors (Lipinski definition) is 2. The van der Waals surface area contributed by atoms with E-state index in [0.29, 0.717) is 6.54 Å². The van der Waals surface area contributed by atoms with Gasteiger partial charge < -0.3 is 16.2 Å². The molecule has 88 valence electrons. The van der Waals surface area contributed by atoms with Crippen molar-refractivity contribution in [2.75, 3.05) is 13.2 Å². The molecule has 4 nitrogen and oxygen atoms in total. The first-order chi connectivity index (χ1) is 7.25. The first-order valence-electron chi connectivity index (χ1n) is 5.06. The summed E-state index contributed by atoms with van der Waals surface area (Å²) >= 11 is 0. The van der Waals surface area contributed by atoms with Crippen LogP contribution in [0.25, 0.3) is 0 Å². The molecule has 0 amide bonds. The summed E-state index contributed by atoms with van der Waals surface area (Å²) in [5.41, 5.74) is 13.1. The van der Waals surface area contributed by atoms with E-state index in [9.17, 15) is 0 Å². The Morgan fingerprint density at radius 2 is 2.19 bits per heavy atom. The standard InChI is InChI=1S/C11H15N3O.HI/c12-11(13)14-5-3-8-1-2-10-9(7-8)4-6-15-10;/h1-2,7H,3-6H2,(H4,12,13,14);1H. The fourth-order valence-corrected chi connectivity index (χ4v) is 1.71. The lowest BCUT2D eigenvalue weighted by Gasteiger charge is -2.02. The van der Waals surface area contributed by atoms with Crippen molar-refractivity contribution >= 4 is 29.9 Å². The first-order valence-corrected chi connectivity index (χ1v) is 5.06. The second-order valence-electron chi connectivity index (χ2n) is 3.60. The van der Waals surface area contributed by atoms with Gasteiger partial charge in [-0.15, -0.1) is 24.0 Å². The number of ether oxygens (including phenoxy) is 1. The summed E-state index contributed by atoms with van der Waals surface area (Å²) in [4.78, 5) is 3.95. The molecule has 1 aromatic carbocycles. The van der Waals surface area contributed by atoms with Gasteiger partial charge >= 0.3 is 0 Å². The molecule has 1 aliphatic heterocycles. The van der Waals surface area contributed by atoms with Crippen LogP contribution in [0.4, 0.5) is 0 Å². The van der Waals surface area contributed by atoms with E-state index >= 15 is 0 Å². The van der Waals surface area contributed by atoms with Gasteiger partial charge in [0.05, 0.1) is 6.61 Å². The third kappa shape index (κ3) is 3.26. The van der Waals surface area contributed by atoms with Crippen LogP contribution in [0.3, 0.4) is 0 Å². The lowest BCUT2D eigenvalue weighted by atomic mass is 10.1. The Morgan fingerprint density at radius 3 is 2.94 bits per heavy atom. The van der Waals surface area contributed by atoms with Crippen molar-refractivity contribution in [3.05, 3.63) is 29.3 Å². The molecular weight excluding hydrogens is 317 g/mol. The Hall–Kier alpha value is -0.980. The molecule has 1 heterocycles. The van der Waals surface area contributed by atoms with Crippen molar-refractivity contribution in [1.82, 2.24) is 0 Å².